The van der Waals surface area contributed by atoms with Crippen LogP contribution in [0.25, 0.3) is 21.5 Å². The van der Waals surface area contributed by atoms with Crippen LogP contribution in [0.4, 0.5) is 11.4 Å². The highest BCUT2D eigenvalue weighted by Gasteiger charge is 2.26. The van der Waals surface area contributed by atoms with E-state index in [0.29, 0.717) is 13.1 Å². The third-order valence-electron chi connectivity index (χ3n) is 5.98. The molecular formula is C26H26N2O2S. The number of hydrogen-bond acceptors (Lipinski definition) is 5. The van der Waals surface area contributed by atoms with Crippen LogP contribution in [-0.4, -0.2) is 54.5 Å². The number of benzene rings is 4. The average molecular weight is 431 g/mol. The molecule has 5 rings (SSSR count). The van der Waals surface area contributed by atoms with Gasteiger partial charge in [-0.1, -0.05) is 72.4 Å². The molecule has 0 fully saturated rings. The highest BCUT2D eigenvalue weighted by atomic mass is 32.2. The second-order valence-corrected chi connectivity index (χ2v) is 8.83. The molecule has 1 heterocycles. The normalized spacial score (nSPS) is 13.1. The fourth-order valence-corrected chi connectivity index (χ4v) is 5.80. The molecule has 4 aromatic rings. The van der Waals surface area contributed by atoms with E-state index in [1.807, 2.05) is 11.8 Å². The number of hydrogen-bond donors (Lipinski definition) is 2. The molecule has 0 spiro atoms. The molecule has 4 aromatic carbocycles. The van der Waals surface area contributed by atoms with E-state index in [-0.39, 0.29) is 13.2 Å². The van der Waals surface area contributed by atoms with Crippen molar-refractivity contribution in [2.75, 3.05) is 44.3 Å². The maximum absolute atomic E-state index is 9.41. The van der Waals surface area contributed by atoms with Gasteiger partial charge in [0.15, 0.2) is 0 Å². The molecule has 0 amide bonds. The Morgan fingerprint density at radius 3 is 1.68 bits per heavy atom. The third-order valence-corrected chi connectivity index (χ3v) is 7.24. The number of aliphatic hydroxyl groups is 2. The van der Waals surface area contributed by atoms with Gasteiger partial charge in [-0.25, -0.2) is 0 Å². The van der Waals surface area contributed by atoms with Crippen molar-refractivity contribution in [1.29, 1.82) is 0 Å². The van der Waals surface area contributed by atoms with Crippen molar-refractivity contribution < 1.29 is 10.2 Å². The molecule has 0 atom stereocenters. The van der Waals surface area contributed by atoms with Crippen LogP contribution in [0, 0.1) is 0 Å². The van der Waals surface area contributed by atoms with Gasteiger partial charge in [-0.15, -0.1) is 0 Å². The molecular weight excluding hydrogens is 404 g/mol. The van der Waals surface area contributed by atoms with Crippen molar-refractivity contribution >= 4 is 44.7 Å². The standard InChI is InChI=1S/C26H26N2O2S/c29-17-15-27(16-18-30)13-14-28-23-11-9-19-5-1-3-7-21(19)25(23)31-26-22-8-4-2-6-20(22)10-12-24(26)28/h1-12,29-30H,13-18H2. The Morgan fingerprint density at radius 1 is 0.645 bits per heavy atom. The third kappa shape index (κ3) is 3.79. The van der Waals surface area contributed by atoms with E-state index < -0.39 is 0 Å². The first-order valence-corrected chi connectivity index (χ1v) is 11.5. The Labute approximate surface area is 186 Å². The summed E-state index contributed by atoms with van der Waals surface area (Å²) in [5.41, 5.74) is 2.44. The Balaban J connectivity index is 1.63. The summed E-state index contributed by atoms with van der Waals surface area (Å²) in [6, 6.07) is 26.0. The Bertz CT molecular complexity index is 1140. The van der Waals surface area contributed by atoms with Crippen molar-refractivity contribution in [3.63, 3.8) is 0 Å². The number of anilines is 2. The lowest BCUT2D eigenvalue weighted by Gasteiger charge is -2.35. The number of nitrogens with zero attached hydrogens (tertiary/aromatic N) is 2. The highest BCUT2D eigenvalue weighted by Crippen LogP contribution is 2.52. The molecule has 0 unspecified atom stereocenters. The van der Waals surface area contributed by atoms with Crippen molar-refractivity contribution in [2.45, 2.75) is 9.79 Å². The fourth-order valence-electron chi connectivity index (χ4n) is 4.44. The molecule has 0 radical (unpaired) electrons. The largest absolute Gasteiger partial charge is 0.395 e. The summed E-state index contributed by atoms with van der Waals surface area (Å²) < 4.78 is 0. The van der Waals surface area contributed by atoms with Crippen LogP contribution in [0.5, 0.6) is 0 Å². The Morgan fingerprint density at radius 2 is 1.16 bits per heavy atom. The molecule has 0 saturated carbocycles. The zero-order chi connectivity index (χ0) is 21.2. The first kappa shape index (κ1) is 20.3. The predicted octanol–water partition coefficient (Wildman–Crippen LogP) is 4.88. The SMILES string of the molecule is OCCN(CCO)CCN1c2ccc3ccccc3c2Sc2c1ccc1ccccc21. The summed E-state index contributed by atoms with van der Waals surface area (Å²) in [7, 11) is 0. The van der Waals surface area contributed by atoms with E-state index in [4.69, 9.17) is 0 Å². The Hall–Kier alpha value is -2.57. The lowest BCUT2D eigenvalue weighted by molar-refractivity contribution is 0.164. The van der Waals surface area contributed by atoms with Gasteiger partial charge in [-0.3, -0.25) is 4.90 Å². The van der Waals surface area contributed by atoms with Crippen LogP contribution in [-0.2, 0) is 0 Å². The second kappa shape index (κ2) is 8.89. The van der Waals surface area contributed by atoms with Gasteiger partial charge in [-0.05, 0) is 33.7 Å². The smallest absolute Gasteiger partial charge is 0.0559 e. The summed E-state index contributed by atoms with van der Waals surface area (Å²) in [4.78, 5) is 7.10. The molecule has 0 saturated heterocycles. The van der Waals surface area contributed by atoms with Crippen LogP contribution in [0.3, 0.4) is 0 Å². The number of aliphatic hydroxyl groups excluding tert-OH is 2. The van der Waals surface area contributed by atoms with E-state index in [9.17, 15) is 10.2 Å². The van der Waals surface area contributed by atoms with Gasteiger partial charge < -0.3 is 15.1 Å². The molecule has 0 aliphatic carbocycles. The Kier molecular flexibility index (Phi) is 5.83. The molecule has 4 nitrogen and oxygen atoms in total. The zero-order valence-electron chi connectivity index (χ0n) is 17.4. The minimum atomic E-state index is 0.0955. The van der Waals surface area contributed by atoms with Gasteiger partial charge >= 0.3 is 0 Å². The summed E-state index contributed by atoms with van der Waals surface area (Å²) >= 11 is 1.86. The molecule has 0 bridgehead atoms. The van der Waals surface area contributed by atoms with Crippen LogP contribution in [0.2, 0.25) is 0 Å². The maximum Gasteiger partial charge on any atom is 0.0559 e. The number of fused-ring (bicyclic) bond motifs is 6. The van der Waals surface area contributed by atoms with Gasteiger partial charge in [0, 0.05) is 36.0 Å². The molecule has 1 aliphatic rings. The maximum atomic E-state index is 9.41. The predicted molar refractivity (Wildman–Crippen MR) is 130 cm³/mol. The molecule has 5 heteroatoms. The fraction of sp³-hybridized carbons (Fsp3) is 0.231. The van der Waals surface area contributed by atoms with Gasteiger partial charge in [0.1, 0.15) is 0 Å². The monoisotopic (exact) mass is 430 g/mol. The van der Waals surface area contributed by atoms with Crippen LogP contribution < -0.4 is 4.90 Å². The summed E-state index contributed by atoms with van der Waals surface area (Å²) in [6.07, 6.45) is 0. The van der Waals surface area contributed by atoms with E-state index in [0.717, 1.165) is 13.1 Å². The number of rotatable bonds is 7. The lowest BCUT2D eigenvalue weighted by atomic mass is 10.1. The van der Waals surface area contributed by atoms with Crippen molar-refractivity contribution in [3.8, 4) is 0 Å². The van der Waals surface area contributed by atoms with Crippen LogP contribution >= 0.6 is 11.8 Å². The first-order chi connectivity index (χ1) is 15.3. The van der Waals surface area contributed by atoms with Gasteiger partial charge in [-0.2, -0.15) is 0 Å². The zero-order valence-corrected chi connectivity index (χ0v) is 18.2. The lowest BCUT2D eigenvalue weighted by Crippen LogP contribution is -2.37. The molecule has 1 aliphatic heterocycles. The molecule has 0 aromatic heterocycles. The van der Waals surface area contributed by atoms with E-state index in [1.54, 1.807) is 0 Å². The second-order valence-electron chi connectivity index (χ2n) is 7.81. The van der Waals surface area contributed by atoms with Crippen LogP contribution in [0.15, 0.2) is 82.6 Å². The summed E-state index contributed by atoms with van der Waals surface area (Å²) in [5, 5.41) is 23.9. The van der Waals surface area contributed by atoms with Gasteiger partial charge in [0.25, 0.3) is 0 Å². The van der Waals surface area contributed by atoms with Crippen molar-refractivity contribution in [1.82, 2.24) is 4.90 Å². The summed E-state index contributed by atoms with van der Waals surface area (Å²) in [5.74, 6) is 0. The van der Waals surface area contributed by atoms with Gasteiger partial charge in [0.2, 0.25) is 0 Å². The van der Waals surface area contributed by atoms with Crippen molar-refractivity contribution in [3.05, 3.63) is 72.8 Å². The van der Waals surface area contributed by atoms with E-state index in [1.165, 1.54) is 42.7 Å². The minimum Gasteiger partial charge on any atom is -0.395 e. The molecule has 31 heavy (non-hydrogen) atoms. The van der Waals surface area contributed by atoms with Crippen molar-refractivity contribution in [2.24, 2.45) is 0 Å². The summed E-state index contributed by atoms with van der Waals surface area (Å²) in [6.45, 7) is 2.88. The molecule has 2 N–H and O–H groups in total. The van der Waals surface area contributed by atoms with E-state index in [2.05, 4.69) is 82.6 Å². The first-order valence-electron chi connectivity index (χ1n) is 10.7. The minimum absolute atomic E-state index is 0.0955. The average Bonchev–Trinajstić information content (AvgIpc) is 2.81. The highest BCUT2D eigenvalue weighted by molar-refractivity contribution is 8.00. The molecule has 158 valence electrons. The van der Waals surface area contributed by atoms with E-state index >= 15 is 0 Å². The van der Waals surface area contributed by atoms with Crippen LogP contribution in [0.1, 0.15) is 0 Å². The van der Waals surface area contributed by atoms with Gasteiger partial charge in [0.05, 0.1) is 24.6 Å². The quantitative estimate of drug-likeness (QED) is 0.437. The topological polar surface area (TPSA) is 46.9 Å².